The maximum atomic E-state index is 12.8. The highest BCUT2D eigenvalue weighted by Crippen LogP contribution is 2.16. The Morgan fingerprint density at radius 3 is 3.00 bits per heavy atom. The number of aromatic nitrogens is 2. The first-order valence-corrected chi connectivity index (χ1v) is 5.34. The molecule has 0 aliphatic carbocycles. The molecule has 2 heterocycles. The number of rotatable bonds is 4. The number of pyridine rings is 1. The van der Waals surface area contributed by atoms with Gasteiger partial charge in [0.25, 0.3) is 0 Å². The zero-order valence-corrected chi connectivity index (χ0v) is 9.00. The second-order valence-corrected chi connectivity index (χ2v) is 4.11. The highest BCUT2D eigenvalue weighted by Gasteiger charge is 2.01. The molecule has 0 saturated heterocycles. The molecule has 0 unspecified atom stereocenters. The molecule has 0 fully saturated rings. The number of hydrogen-bond acceptors (Lipinski definition) is 5. The van der Waals surface area contributed by atoms with Gasteiger partial charge in [0.1, 0.15) is 5.82 Å². The number of carbonyl (C=O) groups is 1. The van der Waals surface area contributed by atoms with Crippen molar-refractivity contribution in [2.45, 2.75) is 6.54 Å². The number of thiazole rings is 1. The number of nitrogens with zero attached hydrogens (tertiary/aromatic N) is 2. The summed E-state index contributed by atoms with van der Waals surface area (Å²) in [5, 5.41) is 3.62. The van der Waals surface area contributed by atoms with Gasteiger partial charge < -0.3 is 5.32 Å². The second-order valence-electron chi connectivity index (χ2n) is 3.05. The fourth-order valence-electron chi connectivity index (χ4n) is 1.15. The van der Waals surface area contributed by atoms with E-state index in [-0.39, 0.29) is 5.82 Å². The predicted molar refractivity (Wildman–Crippen MR) is 59.0 cm³/mol. The van der Waals surface area contributed by atoms with Gasteiger partial charge in [-0.15, -0.1) is 0 Å². The van der Waals surface area contributed by atoms with Crippen LogP contribution in [-0.2, 0) is 6.54 Å². The molecule has 0 aliphatic heterocycles. The largest absolute Gasteiger partial charge is 0.357 e. The van der Waals surface area contributed by atoms with Crippen LogP contribution in [0.25, 0.3) is 0 Å². The Bertz CT molecular complexity index is 500. The van der Waals surface area contributed by atoms with Gasteiger partial charge in [0, 0.05) is 12.7 Å². The van der Waals surface area contributed by atoms with Gasteiger partial charge in [-0.3, -0.25) is 9.78 Å². The SMILES string of the molecule is O=Cc1cnc(NCc2cncc(F)c2)s1. The molecular formula is C10H8FN3OS. The lowest BCUT2D eigenvalue weighted by Crippen LogP contribution is -1.99. The summed E-state index contributed by atoms with van der Waals surface area (Å²) >= 11 is 1.25. The average molecular weight is 237 g/mol. The molecule has 0 aromatic carbocycles. The van der Waals surface area contributed by atoms with Crippen LogP contribution in [0.3, 0.4) is 0 Å². The fourth-order valence-corrected chi connectivity index (χ4v) is 1.78. The van der Waals surface area contributed by atoms with E-state index in [9.17, 15) is 9.18 Å². The van der Waals surface area contributed by atoms with Crippen molar-refractivity contribution >= 4 is 22.8 Å². The molecule has 0 amide bonds. The van der Waals surface area contributed by atoms with E-state index in [1.165, 1.54) is 23.6 Å². The van der Waals surface area contributed by atoms with Crippen molar-refractivity contribution in [1.29, 1.82) is 0 Å². The third-order valence-electron chi connectivity index (χ3n) is 1.84. The Kier molecular flexibility index (Phi) is 3.21. The Balaban J connectivity index is 1.99. The van der Waals surface area contributed by atoms with Crippen molar-refractivity contribution in [3.63, 3.8) is 0 Å². The number of aldehydes is 1. The van der Waals surface area contributed by atoms with Crippen molar-refractivity contribution in [2.24, 2.45) is 0 Å². The minimum atomic E-state index is -0.369. The zero-order chi connectivity index (χ0) is 11.4. The van der Waals surface area contributed by atoms with Crippen LogP contribution in [0.15, 0.2) is 24.7 Å². The fraction of sp³-hybridized carbons (Fsp3) is 0.100. The van der Waals surface area contributed by atoms with E-state index >= 15 is 0 Å². The minimum Gasteiger partial charge on any atom is -0.357 e. The van der Waals surface area contributed by atoms with Crippen LogP contribution in [0, 0.1) is 5.82 Å². The summed E-state index contributed by atoms with van der Waals surface area (Å²) in [6, 6.07) is 1.40. The molecule has 6 heteroatoms. The molecule has 0 spiro atoms. The van der Waals surface area contributed by atoms with E-state index < -0.39 is 0 Å². The van der Waals surface area contributed by atoms with E-state index in [0.29, 0.717) is 16.6 Å². The molecule has 2 rings (SSSR count). The van der Waals surface area contributed by atoms with Gasteiger partial charge in [-0.25, -0.2) is 9.37 Å². The van der Waals surface area contributed by atoms with Crippen LogP contribution in [-0.4, -0.2) is 16.3 Å². The summed E-state index contributed by atoms with van der Waals surface area (Å²) in [4.78, 5) is 18.7. The van der Waals surface area contributed by atoms with E-state index in [0.717, 1.165) is 18.0 Å². The highest BCUT2D eigenvalue weighted by molar-refractivity contribution is 7.17. The minimum absolute atomic E-state index is 0.369. The van der Waals surface area contributed by atoms with E-state index in [2.05, 4.69) is 15.3 Å². The predicted octanol–water partition coefficient (Wildman–Crippen LogP) is 2.10. The summed E-state index contributed by atoms with van der Waals surface area (Å²) in [6.45, 7) is 0.427. The summed E-state index contributed by atoms with van der Waals surface area (Å²) in [7, 11) is 0. The molecule has 2 aromatic rings. The third kappa shape index (κ3) is 2.60. The lowest BCUT2D eigenvalue weighted by Gasteiger charge is -2.01. The number of halogens is 1. The lowest BCUT2D eigenvalue weighted by molar-refractivity contribution is 0.112. The molecule has 0 radical (unpaired) electrons. The van der Waals surface area contributed by atoms with Gasteiger partial charge in [-0.05, 0) is 11.6 Å². The molecular weight excluding hydrogens is 229 g/mol. The van der Waals surface area contributed by atoms with Gasteiger partial charge in [0.15, 0.2) is 11.4 Å². The standard InChI is InChI=1S/C10H8FN3OS/c11-8-1-7(2-12-4-8)3-13-10-14-5-9(6-15)16-10/h1-2,4-6H,3H2,(H,13,14). The van der Waals surface area contributed by atoms with Crippen LogP contribution < -0.4 is 5.32 Å². The van der Waals surface area contributed by atoms with Crippen molar-refractivity contribution < 1.29 is 9.18 Å². The molecule has 0 aliphatic rings. The Morgan fingerprint density at radius 2 is 2.31 bits per heavy atom. The average Bonchev–Trinajstić information content (AvgIpc) is 2.74. The lowest BCUT2D eigenvalue weighted by atomic mass is 10.3. The van der Waals surface area contributed by atoms with Crippen molar-refractivity contribution in [1.82, 2.24) is 9.97 Å². The highest BCUT2D eigenvalue weighted by atomic mass is 32.1. The summed E-state index contributed by atoms with van der Waals surface area (Å²) < 4.78 is 12.8. The van der Waals surface area contributed by atoms with Gasteiger partial charge in [-0.2, -0.15) is 0 Å². The smallest absolute Gasteiger partial charge is 0.183 e. The Morgan fingerprint density at radius 1 is 1.44 bits per heavy atom. The molecule has 1 N–H and O–H groups in total. The first-order valence-electron chi connectivity index (χ1n) is 4.52. The zero-order valence-electron chi connectivity index (χ0n) is 8.18. The van der Waals surface area contributed by atoms with Crippen LogP contribution in [0.1, 0.15) is 15.2 Å². The number of nitrogens with one attached hydrogen (secondary N) is 1. The van der Waals surface area contributed by atoms with E-state index in [1.807, 2.05) is 0 Å². The van der Waals surface area contributed by atoms with E-state index in [1.54, 1.807) is 6.20 Å². The Hall–Kier alpha value is -1.82. The quantitative estimate of drug-likeness (QED) is 0.827. The molecule has 2 aromatic heterocycles. The normalized spacial score (nSPS) is 10.1. The molecule has 82 valence electrons. The number of hydrogen-bond donors (Lipinski definition) is 1. The van der Waals surface area contributed by atoms with Crippen LogP contribution in [0.5, 0.6) is 0 Å². The summed E-state index contributed by atoms with van der Waals surface area (Å²) in [5.74, 6) is -0.369. The first kappa shape index (κ1) is 10.7. The van der Waals surface area contributed by atoms with Gasteiger partial charge in [0.2, 0.25) is 0 Å². The van der Waals surface area contributed by atoms with Crippen LogP contribution in [0.2, 0.25) is 0 Å². The molecule has 0 bridgehead atoms. The second kappa shape index (κ2) is 4.80. The van der Waals surface area contributed by atoms with Crippen molar-refractivity contribution in [3.8, 4) is 0 Å². The van der Waals surface area contributed by atoms with Crippen molar-refractivity contribution in [2.75, 3.05) is 5.32 Å². The first-order chi connectivity index (χ1) is 7.78. The van der Waals surface area contributed by atoms with Gasteiger partial charge in [0.05, 0.1) is 17.3 Å². The summed E-state index contributed by atoms with van der Waals surface area (Å²) in [6.07, 6.45) is 4.96. The molecule has 0 atom stereocenters. The van der Waals surface area contributed by atoms with Gasteiger partial charge >= 0.3 is 0 Å². The van der Waals surface area contributed by atoms with Crippen LogP contribution >= 0.6 is 11.3 Å². The number of carbonyl (C=O) groups excluding carboxylic acids is 1. The number of anilines is 1. The maximum Gasteiger partial charge on any atom is 0.183 e. The van der Waals surface area contributed by atoms with Crippen molar-refractivity contribution in [3.05, 3.63) is 40.9 Å². The third-order valence-corrected chi connectivity index (χ3v) is 2.73. The maximum absolute atomic E-state index is 12.8. The monoisotopic (exact) mass is 237 g/mol. The summed E-state index contributed by atoms with van der Waals surface area (Å²) in [5.41, 5.74) is 0.725. The van der Waals surface area contributed by atoms with Crippen LogP contribution in [0.4, 0.5) is 9.52 Å². The van der Waals surface area contributed by atoms with E-state index in [4.69, 9.17) is 0 Å². The Labute approximate surface area is 95.2 Å². The molecule has 16 heavy (non-hydrogen) atoms. The topological polar surface area (TPSA) is 54.9 Å². The molecule has 0 saturated carbocycles. The molecule has 4 nitrogen and oxygen atoms in total. The van der Waals surface area contributed by atoms with Gasteiger partial charge in [-0.1, -0.05) is 11.3 Å².